The number of halogens is 1. The Hall–Kier alpha value is -1.61. The van der Waals surface area contributed by atoms with Crippen molar-refractivity contribution >= 4 is 17.5 Å². The Labute approximate surface area is 124 Å². The molecule has 0 radical (unpaired) electrons. The number of hydrogen-bond acceptors (Lipinski definition) is 3. The third kappa shape index (κ3) is 3.28. The van der Waals surface area contributed by atoms with Gasteiger partial charge in [0.25, 0.3) is 0 Å². The molecular weight excluding hydrogens is 270 g/mol. The van der Waals surface area contributed by atoms with Gasteiger partial charge < -0.3 is 5.32 Å². The lowest BCUT2D eigenvalue weighted by Crippen LogP contribution is -2.23. The molecule has 1 fully saturated rings. The van der Waals surface area contributed by atoms with Gasteiger partial charge in [-0.25, -0.2) is 9.97 Å². The standard InChI is InChI=1S/C16H18ClN3/c17-13-8-6-12(7-9-13)15-10-11-18-16(20-15)19-14-4-2-1-3-5-14/h6-11,14H,1-5H2,(H,18,19,20). The van der Waals surface area contributed by atoms with E-state index in [-0.39, 0.29) is 0 Å². The van der Waals surface area contributed by atoms with E-state index in [4.69, 9.17) is 11.6 Å². The molecule has 0 spiro atoms. The van der Waals surface area contributed by atoms with Gasteiger partial charge in [-0.2, -0.15) is 0 Å². The molecule has 1 aromatic carbocycles. The van der Waals surface area contributed by atoms with Crippen molar-refractivity contribution in [3.8, 4) is 11.3 Å². The molecule has 1 aliphatic carbocycles. The van der Waals surface area contributed by atoms with E-state index in [0.29, 0.717) is 6.04 Å². The van der Waals surface area contributed by atoms with Crippen LogP contribution < -0.4 is 5.32 Å². The van der Waals surface area contributed by atoms with Gasteiger partial charge in [0.15, 0.2) is 0 Å². The fourth-order valence-electron chi connectivity index (χ4n) is 2.64. The predicted molar refractivity (Wildman–Crippen MR) is 83.0 cm³/mol. The molecule has 1 N–H and O–H groups in total. The SMILES string of the molecule is Clc1ccc(-c2ccnc(NC3CCCCC3)n2)cc1. The number of nitrogens with one attached hydrogen (secondary N) is 1. The fraction of sp³-hybridized carbons (Fsp3) is 0.375. The van der Waals surface area contributed by atoms with Crippen LogP contribution in [0.2, 0.25) is 5.02 Å². The van der Waals surface area contributed by atoms with Crippen molar-refractivity contribution in [1.82, 2.24) is 9.97 Å². The van der Waals surface area contributed by atoms with E-state index in [2.05, 4.69) is 15.3 Å². The van der Waals surface area contributed by atoms with Crippen LogP contribution >= 0.6 is 11.6 Å². The molecule has 0 aliphatic heterocycles. The maximum Gasteiger partial charge on any atom is 0.223 e. The summed E-state index contributed by atoms with van der Waals surface area (Å²) < 4.78 is 0. The van der Waals surface area contributed by atoms with Gasteiger partial charge in [0.05, 0.1) is 5.69 Å². The molecule has 4 heteroatoms. The fourth-order valence-corrected chi connectivity index (χ4v) is 2.77. The highest BCUT2D eigenvalue weighted by Gasteiger charge is 2.14. The normalized spacial score (nSPS) is 16.1. The van der Waals surface area contributed by atoms with Crippen LogP contribution in [0.4, 0.5) is 5.95 Å². The zero-order valence-electron chi connectivity index (χ0n) is 11.3. The molecule has 0 bridgehead atoms. The van der Waals surface area contributed by atoms with Crippen molar-refractivity contribution in [3.63, 3.8) is 0 Å². The van der Waals surface area contributed by atoms with Crippen LogP contribution in [0.25, 0.3) is 11.3 Å². The van der Waals surface area contributed by atoms with Crippen LogP contribution in [-0.2, 0) is 0 Å². The van der Waals surface area contributed by atoms with Crippen molar-refractivity contribution in [2.75, 3.05) is 5.32 Å². The second kappa shape index (κ2) is 6.23. The van der Waals surface area contributed by atoms with Crippen LogP contribution in [0.1, 0.15) is 32.1 Å². The Balaban J connectivity index is 1.76. The van der Waals surface area contributed by atoms with E-state index >= 15 is 0 Å². The van der Waals surface area contributed by atoms with E-state index in [1.165, 1.54) is 32.1 Å². The number of hydrogen-bond donors (Lipinski definition) is 1. The Morgan fingerprint density at radius 1 is 1.00 bits per heavy atom. The molecule has 0 saturated heterocycles. The number of nitrogens with zero attached hydrogens (tertiary/aromatic N) is 2. The third-order valence-electron chi connectivity index (χ3n) is 3.73. The van der Waals surface area contributed by atoms with Crippen molar-refractivity contribution in [2.24, 2.45) is 0 Å². The Morgan fingerprint density at radius 2 is 1.75 bits per heavy atom. The summed E-state index contributed by atoms with van der Waals surface area (Å²) in [4.78, 5) is 8.93. The number of aromatic nitrogens is 2. The zero-order valence-corrected chi connectivity index (χ0v) is 12.1. The molecule has 0 unspecified atom stereocenters. The summed E-state index contributed by atoms with van der Waals surface area (Å²) in [5, 5.41) is 4.19. The molecule has 20 heavy (non-hydrogen) atoms. The molecule has 0 atom stereocenters. The minimum absolute atomic E-state index is 0.518. The largest absolute Gasteiger partial charge is 0.351 e. The Bertz CT molecular complexity index is 562. The first-order chi connectivity index (χ1) is 9.81. The van der Waals surface area contributed by atoms with Gasteiger partial charge in [-0.3, -0.25) is 0 Å². The van der Waals surface area contributed by atoms with Gasteiger partial charge >= 0.3 is 0 Å². The van der Waals surface area contributed by atoms with Crippen LogP contribution in [0.3, 0.4) is 0 Å². The molecule has 1 aromatic heterocycles. The average molecular weight is 288 g/mol. The molecule has 1 aliphatic rings. The molecule has 1 heterocycles. The lowest BCUT2D eigenvalue weighted by Gasteiger charge is -2.22. The average Bonchev–Trinajstić information content (AvgIpc) is 2.49. The molecule has 0 amide bonds. The van der Waals surface area contributed by atoms with Crippen molar-refractivity contribution in [1.29, 1.82) is 0 Å². The summed E-state index contributed by atoms with van der Waals surface area (Å²) >= 11 is 5.91. The minimum atomic E-state index is 0.518. The number of benzene rings is 1. The lowest BCUT2D eigenvalue weighted by molar-refractivity contribution is 0.461. The highest BCUT2D eigenvalue weighted by molar-refractivity contribution is 6.30. The summed E-state index contributed by atoms with van der Waals surface area (Å²) in [7, 11) is 0. The van der Waals surface area contributed by atoms with Crippen molar-refractivity contribution in [3.05, 3.63) is 41.6 Å². The predicted octanol–water partition coefficient (Wildman–Crippen LogP) is 4.54. The topological polar surface area (TPSA) is 37.8 Å². The quantitative estimate of drug-likeness (QED) is 0.900. The summed E-state index contributed by atoms with van der Waals surface area (Å²) in [6.45, 7) is 0. The zero-order chi connectivity index (χ0) is 13.8. The maximum absolute atomic E-state index is 5.91. The maximum atomic E-state index is 5.91. The van der Waals surface area contributed by atoms with Gasteiger partial charge in [0.1, 0.15) is 0 Å². The minimum Gasteiger partial charge on any atom is -0.351 e. The van der Waals surface area contributed by atoms with E-state index in [0.717, 1.165) is 22.2 Å². The van der Waals surface area contributed by atoms with Gasteiger partial charge in [-0.05, 0) is 31.0 Å². The molecule has 3 rings (SSSR count). The van der Waals surface area contributed by atoms with E-state index in [1.807, 2.05) is 36.5 Å². The molecule has 3 nitrogen and oxygen atoms in total. The second-order valence-corrected chi connectivity index (χ2v) is 5.69. The van der Waals surface area contributed by atoms with Crippen molar-refractivity contribution in [2.45, 2.75) is 38.1 Å². The van der Waals surface area contributed by atoms with Crippen LogP contribution in [0, 0.1) is 0 Å². The first kappa shape index (κ1) is 13.4. The Kier molecular flexibility index (Phi) is 4.16. The first-order valence-corrected chi connectivity index (χ1v) is 7.54. The van der Waals surface area contributed by atoms with Crippen LogP contribution in [-0.4, -0.2) is 16.0 Å². The van der Waals surface area contributed by atoms with Crippen molar-refractivity contribution < 1.29 is 0 Å². The van der Waals surface area contributed by atoms with Gasteiger partial charge in [0, 0.05) is 22.8 Å². The summed E-state index contributed by atoms with van der Waals surface area (Å²) in [5.74, 6) is 0.726. The van der Waals surface area contributed by atoms with Crippen LogP contribution in [0.5, 0.6) is 0 Å². The monoisotopic (exact) mass is 287 g/mol. The molecule has 104 valence electrons. The lowest BCUT2D eigenvalue weighted by atomic mass is 9.96. The highest BCUT2D eigenvalue weighted by atomic mass is 35.5. The smallest absolute Gasteiger partial charge is 0.223 e. The van der Waals surface area contributed by atoms with E-state index < -0.39 is 0 Å². The van der Waals surface area contributed by atoms with E-state index in [9.17, 15) is 0 Å². The highest BCUT2D eigenvalue weighted by Crippen LogP contribution is 2.23. The number of rotatable bonds is 3. The van der Waals surface area contributed by atoms with Gasteiger partial charge in [-0.1, -0.05) is 43.0 Å². The summed E-state index contributed by atoms with van der Waals surface area (Å²) in [6, 6.07) is 10.2. The molecule has 2 aromatic rings. The summed E-state index contributed by atoms with van der Waals surface area (Å²) in [5.41, 5.74) is 1.98. The molecular formula is C16H18ClN3. The third-order valence-corrected chi connectivity index (χ3v) is 3.99. The van der Waals surface area contributed by atoms with Gasteiger partial charge in [0.2, 0.25) is 5.95 Å². The van der Waals surface area contributed by atoms with Gasteiger partial charge in [-0.15, -0.1) is 0 Å². The second-order valence-electron chi connectivity index (χ2n) is 5.25. The van der Waals surface area contributed by atoms with E-state index in [1.54, 1.807) is 0 Å². The summed E-state index contributed by atoms with van der Waals surface area (Å²) in [6.07, 6.45) is 8.19. The molecule has 1 saturated carbocycles. The first-order valence-electron chi connectivity index (χ1n) is 7.17. The number of anilines is 1. The van der Waals surface area contributed by atoms with Crippen LogP contribution in [0.15, 0.2) is 36.5 Å². The Morgan fingerprint density at radius 3 is 2.50 bits per heavy atom.